The lowest BCUT2D eigenvalue weighted by Gasteiger charge is -2.29. The Balaban J connectivity index is 1.81. The fourth-order valence-corrected chi connectivity index (χ4v) is 2.91. The zero-order chi connectivity index (χ0) is 15.2. The largest absolute Gasteiger partial charge is 0.386 e. The second kappa shape index (κ2) is 7.82. The number of pyridine rings is 1. The number of halogens is 1. The lowest BCUT2D eigenvalue weighted by atomic mass is 9.98. The fourth-order valence-electron chi connectivity index (χ4n) is 2.91. The molecule has 1 aromatic rings. The van der Waals surface area contributed by atoms with Crippen molar-refractivity contribution in [3.8, 4) is 0 Å². The van der Waals surface area contributed by atoms with Gasteiger partial charge in [-0.15, -0.1) is 0 Å². The zero-order valence-electron chi connectivity index (χ0n) is 12.8. The predicted molar refractivity (Wildman–Crippen MR) is 79.4 cm³/mol. The molecule has 5 heteroatoms. The highest BCUT2D eigenvalue weighted by Crippen LogP contribution is 2.22. The van der Waals surface area contributed by atoms with E-state index in [4.69, 9.17) is 4.74 Å². The number of hydrogen-bond donors (Lipinski definition) is 1. The van der Waals surface area contributed by atoms with Gasteiger partial charge in [-0.25, -0.2) is 4.39 Å². The molecule has 0 spiro atoms. The van der Waals surface area contributed by atoms with E-state index in [9.17, 15) is 9.50 Å². The smallest absolute Gasteiger partial charge is 0.141 e. The summed E-state index contributed by atoms with van der Waals surface area (Å²) in [6, 6.07) is 2.88. The molecule has 3 unspecified atom stereocenters. The minimum absolute atomic E-state index is 0.0393. The van der Waals surface area contributed by atoms with Gasteiger partial charge in [-0.3, -0.25) is 4.98 Å². The number of rotatable bonds is 6. The second-order valence-electron chi connectivity index (χ2n) is 6.13. The third-order valence-electron chi connectivity index (χ3n) is 4.02. The lowest BCUT2D eigenvalue weighted by Crippen LogP contribution is -2.34. The van der Waals surface area contributed by atoms with E-state index in [-0.39, 0.29) is 11.7 Å². The van der Waals surface area contributed by atoms with E-state index in [0.717, 1.165) is 38.9 Å². The molecule has 1 aliphatic rings. The summed E-state index contributed by atoms with van der Waals surface area (Å²) in [7, 11) is 2.07. The highest BCUT2D eigenvalue weighted by Gasteiger charge is 2.21. The molecule has 0 saturated carbocycles. The SMILES string of the molecule is CC(CN(C)CC1CCCOC1)C(O)c1ccc(F)cn1. The number of aliphatic hydroxyl groups excluding tert-OH is 1. The molecule has 1 aromatic heterocycles. The van der Waals surface area contributed by atoms with Crippen LogP contribution in [0.3, 0.4) is 0 Å². The summed E-state index contributed by atoms with van der Waals surface area (Å²) in [6.07, 6.45) is 2.82. The first-order chi connectivity index (χ1) is 10.1. The van der Waals surface area contributed by atoms with Gasteiger partial charge >= 0.3 is 0 Å². The van der Waals surface area contributed by atoms with Crippen LogP contribution in [0.5, 0.6) is 0 Å². The summed E-state index contributed by atoms with van der Waals surface area (Å²) in [4.78, 5) is 6.19. The summed E-state index contributed by atoms with van der Waals surface area (Å²) in [5.41, 5.74) is 0.526. The number of ether oxygens (including phenoxy) is 1. The average molecular weight is 296 g/mol. The summed E-state index contributed by atoms with van der Waals surface area (Å²) in [6.45, 7) is 5.46. The van der Waals surface area contributed by atoms with Crippen molar-refractivity contribution in [1.82, 2.24) is 9.88 Å². The van der Waals surface area contributed by atoms with Gasteiger partial charge in [-0.05, 0) is 37.9 Å². The van der Waals surface area contributed by atoms with Crippen molar-refractivity contribution in [2.24, 2.45) is 11.8 Å². The van der Waals surface area contributed by atoms with Crippen molar-refractivity contribution in [3.05, 3.63) is 29.8 Å². The zero-order valence-corrected chi connectivity index (χ0v) is 12.8. The van der Waals surface area contributed by atoms with Gasteiger partial charge < -0.3 is 14.7 Å². The van der Waals surface area contributed by atoms with Crippen molar-refractivity contribution in [2.45, 2.75) is 25.9 Å². The van der Waals surface area contributed by atoms with E-state index < -0.39 is 6.10 Å². The Morgan fingerprint density at radius 2 is 2.33 bits per heavy atom. The fraction of sp³-hybridized carbons (Fsp3) is 0.688. The molecule has 2 rings (SSSR count). The van der Waals surface area contributed by atoms with Crippen molar-refractivity contribution >= 4 is 0 Å². The Morgan fingerprint density at radius 1 is 1.52 bits per heavy atom. The van der Waals surface area contributed by atoms with Crippen LogP contribution < -0.4 is 0 Å². The summed E-state index contributed by atoms with van der Waals surface area (Å²) in [5, 5.41) is 10.3. The topological polar surface area (TPSA) is 45.6 Å². The standard InChI is InChI=1S/C16H25FN2O2/c1-12(16(20)15-6-5-14(17)8-18-15)9-19(2)10-13-4-3-7-21-11-13/h5-6,8,12-13,16,20H,3-4,7,9-11H2,1-2H3. The molecule has 0 radical (unpaired) electrons. The second-order valence-corrected chi connectivity index (χ2v) is 6.13. The number of aromatic nitrogens is 1. The van der Waals surface area contributed by atoms with Crippen molar-refractivity contribution < 1.29 is 14.2 Å². The van der Waals surface area contributed by atoms with Gasteiger partial charge in [0.1, 0.15) is 5.82 Å². The Bertz CT molecular complexity index is 421. The third kappa shape index (κ3) is 5.02. The lowest BCUT2D eigenvalue weighted by molar-refractivity contribution is 0.0337. The van der Waals surface area contributed by atoms with E-state index >= 15 is 0 Å². The van der Waals surface area contributed by atoms with Crippen molar-refractivity contribution in [2.75, 3.05) is 33.4 Å². The van der Waals surface area contributed by atoms with Gasteiger partial charge in [0.05, 0.1) is 24.6 Å². The molecule has 1 N–H and O–H groups in total. The maximum atomic E-state index is 12.9. The Labute approximate surface area is 125 Å². The van der Waals surface area contributed by atoms with E-state index in [2.05, 4.69) is 16.9 Å². The number of nitrogens with zero attached hydrogens (tertiary/aromatic N) is 2. The number of aliphatic hydroxyl groups is 1. The van der Waals surface area contributed by atoms with Crippen LogP contribution in [-0.4, -0.2) is 48.3 Å². The summed E-state index contributed by atoms with van der Waals surface area (Å²) in [5.74, 6) is 0.238. The highest BCUT2D eigenvalue weighted by atomic mass is 19.1. The summed E-state index contributed by atoms with van der Waals surface area (Å²) >= 11 is 0. The molecule has 1 saturated heterocycles. The Kier molecular flexibility index (Phi) is 6.08. The van der Waals surface area contributed by atoms with Gasteiger partial charge in [0.2, 0.25) is 0 Å². The van der Waals surface area contributed by atoms with Crippen LogP contribution in [0.1, 0.15) is 31.6 Å². The van der Waals surface area contributed by atoms with Crippen molar-refractivity contribution in [3.63, 3.8) is 0 Å². The van der Waals surface area contributed by atoms with Crippen LogP contribution in [0.4, 0.5) is 4.39 Å². The van der Waals surface area contributed by atoms with E-state index in [1.807, 2.05) is 6.92 Å². The molecular weight excluding hydrogens is 271 g/mol. The molecule has 0 aromatic carbocycles. The quantitative estimate of drug-likeness (QED) is 0.874. The monoisotopic (exact) mass is 296 g/mol. The Morgan fingerprint density at radius 3 is 2.95 bits per heavy atom. The maximum Gasteiger partial charge on any atom is 0.141 e. The molecule has 21 heavy (non-hydrogen) atoms. The van der Waals surface area contributed by atoms with Crippen LogP contribution in [-0.2, 0) is 4.74 Å². The molecule has 0 aliphatic carbocycles. The first-order valence-electron chi connectivity index (χ1n) is 7.62. The Hall–Kier alpha value is -1.04. The van der Waals surface area contributed by atoms with Crippen LogP contribution >= 0.6 is 0 Å². The normalized spacial score (nSPS) is 22.2. The van der Waals surface area contributed by atoms with Crippen LogP contribution in [0, 0.1) is 17.7 Å². The van der Waals surface area contributed by atoms with Gasteiger partial charge in [-0.2, -0.15) is 0 Å². The van der Waals surface area contributed by atoms with E-state index in [1.54, 1.807) is 6.07 Å². The molecule has 2 heterocycles. The first-order valence-corrected chi connectivity index (χ1v) is 7.62. The first kappa shape index (κ1) is 16.3. The molecule has 0 amide bonds. The van der Waals surface area contributed by atoms with Crippen LogP contribution in [0.25, 0.3) is 0 Å². The van der Waals surface area contributed by atoms with Gasteiger partial charge in [0, 0.05) is 25.6 Å². The molecular formula is C16H25FN2O2. The van der Waals surface area contributed by atoms with Crippen LogP contribution in [0.15, 0.2) is 18.3 Å². The number of hydrogen-bond acceptors (Lipinski definition) is 4. The van der Waals surface area contributed by atoms with E-state index in [0.29, 0.717) is 11.6 Å². The molecule has 1 fully saturated rings. The third-order valence-corrected chi connectivity index (χ3v) is 4.02. The minimum atomic E-state index is -0.671. The summed E-state index contributed by atoms with van der Waals surface area (Å²) < 4.78 is 18.4. The van der Waals surface area contributed by atoms with Gasteiger partial charge in [0.25, 0.3) is 0 Å². The van der Waals surface area contributed by atoms with E-state index in [1.165, 1.54) is 12.5 Å². The highest BCUT2D eigenvalue weighted by molar-refractivity contribution is 5.08. The molecule has 0 bridgehead atoms. The van der Waals surface area contributed by atoms with Crippen molar-refractivity contribution in [1.29, 1.82) is 0 Å². The average Bonchev–Trinajstić information content (AvgIpc) is 2.48. The molecule has 118 valence electrons. The molecule has 4 nitrogen and oxygen atoms in total. The van der Waals surface area contributed by atoms with Crippen LogP contribution in [0.2, 0.25) is 0 Å². The molecule has 3 atom stereocenters. The molecule has 1 aliphatic heterocycles. The van der Waals surface area contributed by atoms with Gasteiger partial charge in [0.15, 0.2) is 0 Å². The predicted octanol–water partition coefficient (Wildman–Crippen LogP) is 2.25. The maximum absolute atomic E-state index is 12.9. The minimum Gasteiger partial charge on any atom is -0.386 e. The van der Waals surface area contributed by atoms with Gasteiger partial charge in [-0.1, -0.05) is 6.92 Å².